The smallest absolute Gasteiger partial charge is 0.254 e. The summed E-state index contributed by atoms with van der Waals surface area (Å²) >= 11 is 0. The van der Waals surface area contributed by atoms with Crippen molar-refractivity contribution in [3.63, 3.8) is 0 Å². The molecule has 148 valence electrons. The highest BCUT2D eigenvalue weighted by atomic mass is 32.2. The number of hydrogen-bond acceptors (Lipinski definition) is 4. The molecule has 1 saturated heterocycles. The summed E-state index contributed by atoms with van der Waals surface area (Å²) in [4.78, 5) is 14.9. The third-order valence-electron chi connectivity index (χ3n) is 5.60. The van der Waals surface area contributed by atoms with Gasteiger partial charge in [-0.05, 0) is 48.2 Å². The lowest BCUT2D eigenvalue weighted by atomic mass is 10.1. The molecular formula is C21H24N2O4S. The molecule has 1 fully saturated rings. The first-order chi connectivity index (χ1) is 13.5. The number of carbonyl (C=O) groups excluding carboxylic acids is 1. The Labute approximate surface area is 165 Å². The van der Waals surface area contributed by atoms with Crippen LogP contribution in [0, 0.1) is 0 Å². The number of fused-ring (bicyclic) bond motifs is 1. The van der Waals surface area contributed by atoms with Crippen LogP contribution in [0.15, 0.2) is 53.4 Å². The average Bonchev–Trinajstić information content (AvgIpc) is 3.17. The number of ether oxygens (including phenoxy) is 1. The largest absolute Gasteiger partial charge is 0.379 e. The van der Waals surface area contributed by atoms with Crippen molar-refractivity contribution in [2.45, 2.75) is 23.8 Å². The molecule has 1 amide bonds. The highest BCUT2D eigenvalue weighted by Gasteiger charge is 2.30. The van der Waals surface area contributed by atoms with Crippen LogP contribution in [0.1, 0.15) is 33.9 Å². The number of carbonyl (C=O) groups is 1. The quantitative estimate of drug-likeness (QED) is 0.791. The van der Waals surface area contributed by atoms with Gasteiger partial charge >= 0.3 is 0 Å². The molecule has 0 spiro atoms. The van der Waals surface area contributed by atoms with Gasteiger partial charge in [-0.25, -0.2) is 8.42 Å². The van der Waals surface area contributed by atoms with Crippen LogP contribution in [0.3, 0.4) is 0 Å². The molecule has 1 aliphatic heterocycles. The Hall–Kier alpha value is -2.22. The maximum atomic E-state index is 13.0. The Kier molecular flexibility index (Phi) is 5.23. The molecule has 1 heterocycles. The van der Waals surface area contributed by atoms with Crippen LogP contribution in [-0.2, 0) is 21.2 Å². The fourth-order valence-corrected chi connectivity index (χ4v) is 5.40. The summed E-state index contributed by atoms with van der Waals surface area (Å²) in [6, 6.07) is 14.5. The van der Waals surface area contributed by atoms with Crippen molar-refractivity contribution in [2.24, 2.45) is 0 Å². The number of aryl methyl sites for hydroxylation is 1. The highest BCUT2D eigenvalue weighted by Crippen LogP contribution is 2.35. The van der Waals surface area contributed by atoms with E-state index in [9.17, 15) is 13.2 Å². The molecule has 1 atom stereocenters. The zero-order valence-corrected chi connectivity index (χ0v) is 16.7. The van der Waals surface area contributed by atoms with Gasteiger partial charge in [-0.1, -0.05) is 24.3 Å². The molecule has 28 heavy (non-hydrogen) atoms. The first-order valence-electron chi connectivity index (χ1n) is 9.51. The molecule has 2 aromatic rings. The second-order valence-electron chi connectivity index (χ2n) is 7.21. The summed E-state index contributed by atoms with van der Waals surface area (Å²) in [6.07, 6.45) is 1.88. The van der Waals surface area contributed by atoms with Crippen LogP contribution >= 0.6 is 0 Å². The number of morpholine rings is 1. The third kappa shape index (κ3) is 3.45. The molecule has 0 saturated carbocycles. The first kappa shape index (κ1) is 19.1. The summed E-state index contributed by atoms with van der Waals surface area (Å²) in [5, 5.41) is 0. The standard InChI is InChI=1S/C21H24N2O4S/c1-22(20-11-8-16-4-2-3-5-19(16)20)21(24)17-6-9-18(10-7-17)28(25,26)23-12-14-27-15-13-23/h2-7,9-10,20H,8,11-15H2,1H3. The van der Waals surface area contributed by atoms with E-state index in [0.717, 1.165) is 12.8 Å². The van der Waals surface area contributed by atoms with Crippen molar-refractivity contribution in [3.8, 4) is 0 Å². The van der Waals surface area contributed by atoms with E-state index in [0.29, 0.717) is 31.9 Å². The Morgan fingerprint density at radius 1 is 1.07 bits per heavy atom. The van der Waals surface area contributed by atoms with Crippen molar-refractivity contribution in [3.05, 3.63) is 65.2 Å². The number of amides is 1. The molecule has 1 aliphatic carbocycles. The fraction of sp³-hybridized carbons (Fsp3) is 0.381. The van der Waals surface area contributed by atoms with Crippen LogP contribution in [0.5, 0.6) is 0 Å². The molecule has 2 aromatic carbocycles. The highest BCUT2D eigenvalue weighted by molar-refractivity contribution is 7.89. The summed E-state index contributed by atoms with van der Waals surface area (Å²) in [6.45, 7) is 1.52. The molecule has 7 heteroatoms. The van der Waals surface area contributed by atoms with Crippen LogP contribution in [0.25, 0.3) is 0 Å². The predicted molar refractivity (Wildman–Crippen MR) is 106 cm³/mol. The number of sulfonamides is 1. The van der Waals surface area contributed by atoms with E-state index < -0.39 is 10.0 Å². The minimum absolute atomic E-state index is 0.0560. The zero-order valence-electron chi connectivity index (χ0n) is 15.9. The van der Waals surface area contributed by atoms with E-state index in [-0.39, 0.29) is 16.8 Å². The van der Waals surface area contributed by atoms with Gasteiger partial charge in [-0.2, -0.15) is 4.31 Å². The lowest BCUT2D eigenvalue weighted by Gasteiger charge is -2.27. The SMILES string of the molecule is CN(C(=O)c1ccc(S(=O)(=O)N2CCOCC2)cc1)C1CCc2ccccc21. The van der Waals surface area contributed by atoms with Gasteiger partial charge in [-0.3, -0.25) is 4.79 Å². The van der Waals surface area contributed by atoms with Crippen molar-refractivity contribution in [1.82, 2.24) is 9.21 Å². The molecular weight excluding hydrogens is 376 g/mol. The van der Waals surface area contributed by atoms with Gasteiger partial charge in [0.25, 0.3) is 5.91 Å². The molecule has 0 aromatic heterocycles. The summed E-state index contributed by atoms with van der Waals surface area (Å²) in [5.41, 5.74) is 2.98. The molecule has 0 bridgehead atoms. The number of hydrogen-bond donors (Lipinski definition) is 0. The van der Waals surface area contributed by atoms with Gasteiger partial charge in [0.2, 0.25) is 10.0 Å². The average molecular weight is 401 g/mol. The third-order valence-corrected chi connectivity index (χ3v) is 7.51. The Morgan fingerprint density at radius 2 is 1.75 bits per heavy atom. The van der Waals surface area contributed by atoms with Crippen molar-refractivity contribution in [1.29, 1.82) is 0 Å². The first-order valence-corrected chi connectivity index (χ1v) is 11.0. The van der Waals surface area contributed by atoms with Crippen LogP contribution in [0.2, 0.25) is 0 Å². The molecule has 4 rings (SSSR count). The van der Waals surface area contributed by atoms with E-state index in [1.54, 1.807) is 17.0 Å². The van der Waals surface area contributed by atoms with Gasteiger partial charge < -0.3 is 9.64 Å². The van der Waals surface area contributed by atoms with Crippen LogP contribution in [-0.4, -0.2) is 56.9 Å². The van der Waals surface area contributed by atoms with Crippen molar-refractivity contribution < 1.29 is 17.9 Å². The van der Waals surface area contributed by atoms with Gasteiger partial charge in [0.15, 0.2) is 0 Å². The van der Waals surface area contributed by atoms with Gasteiger partial charge in [-0.15, -0.1) is 0 Å². The molecule has 0 radical (unpaired) electrons. The maximum Gasteiger partial charge on any atom is 0.254 e. The summed E-state index contributed by atoms with van der Waals surface area (Å²) in [7, 11) is -1.74. The van der Waals surface area contributed by atoms with Crippen molar-refractivity contribution in [2.75, 3.05) is 33.4 Å². The molecule has 1 unspecified atom stereocenters. The van der Waals surface area contributed by atoms with E-state index in [1.807, 2.05) is 19.2 Å². The fourth-order valence-electron chi connectivity index (χ4n) is 3.99. The van der Waals surface area contributed by atoms with Crippen LogP contribution in [0.4, 0.5) is 0 Å². The van der Waals surface area contributed by atoms with Gasteiger partial charge in [0, 0.05) is 25.7 Å². The minimum atomic E-state index is -3.55. The summed E-state index contributed by atoms with van der Waals surface area (Å²) in [5.74, 6) is -0.1000. The molecule has 0 N–H and O–H groups in total. The normalized spacial score (nSPS) is 20.0. The number of rotatable bonds is 4. The number of nitrogens with zero attached hydrogens (tertiary/aromatic N) is 2. The van der Waals surface area contributed by atoms with Crippen molar-refractivity contribution >= 4 is 15.9 Å². The Morgan fingerprint density at radius 3 is 2.46 bits per heavy atom. The second kappa shape index (κ2) is 7.66. The lowest BCUT2D eigenvalue weighted by molar-refractivity contribution is 0.0729. The second-order valence-corrected chi connectivity index (χ2v) is 9.15. The zero-order chi connectivity index (χ0) is 19.7. The monoisotopic (exact) mass is 400 g/mol. The van der Waals surface area contributed by atoms with Gasteiger partial charge in [0.1, 0.15) is 0 Å². The predicted octanol–water partition coefficient (Wildman–Crippen LogP) is 2.47. The van der Waals surface area contributed by atoms with Gasteiger partial charge in [0.05, 0.1) is 24.2 Å². The topological polar surface area (TPSA) is 66.9 Å². The lowest BCUT2D eigenvalue weighted by Crippen LogP contribution is -2.40. The minimum Gasteiger partial charge on any atom is -0.379 e. The maximum absolute atomic E-state index is 13.0. The van der Waals surface area contributed by atoms with E-state index in [1.165, 1.54) is 27.6 Å². The molecule has 6 nitrogen and oxygen atoms in total. The Bertz CT molecular complexity index is 966. The van der Waals surface area contributed by atoms with E-state index in [4.69, 9.17) is 4.74 Å². The molecule has 2 aliphatic rings. The van der Waals surface area contributed by atoms with Crippen LogP contribution < -0.4 is 0 Å². The Balaban J connectivity index is 1.51. The number of benzene rings is 2. The van der Waals surface area contributed by atoms with E-state index >= 15 is 0 Å². The van der Waals surface area contributed by atoms with E-state index in [2.05, 4.69) is 12.1 Å². The summed E-state index contributed by atoms with van der Waals surface area (Å²) < 4.78 is 32.1.